The van der Waals surface area contributed by atoms with Crippen LogP contribution in [-0.2, 0) is 28.8 Å². The van der Waals surface area contributed by atoms with Crippen LogP contribution < -0.4 is 0 Å². The van der Waals surface area contributed by atoms with Crippen LogP contribution in [0.25, 0.3) is 0 Å². The number of aliphatic carboxylic acids is 4. The highest BCUT2D eigenvalue weighted by Gasteiger charge is 2.04. The maximum absolute atomic E-state index is 10.3. The normalized spacial score (nSPS) is 10.2. The number of carboxylic acids is 4. The van der Waals surface area contributed by atoms with Gasteiger partial charge < -0.3 is 35.7 Å². The Labute approximate surface area is 244 Å². The Morgan fingerprint density at radius 1 is 0.419 bits per heavy atom. The summed E-state index contributed by atoms with van der Waals surface area (Å²) in [7, 11) is 0. The van der Waals surface area contributed by atoms with Crippen molar-refractivity contribution in [3.8, 4) is 17.2 Å². The van der Waals surface area contributed by atoms with Gasteiger partial charge in [0.1, 0.15) is 17.2 Å². The van der Waals surface area contributed by atoms with Crippen molar-refractivity contribution < 1.29 is 64.5 Å². The Hall–Kier alpha value is -6.50. The number of benzene rings is 3. The predicted molar refractivity (Wildman–Crippen MR) is 152 cm³/mol. The molecule has 0 fully saturated rings. The average Bonchev–Trinajstić information content (AvgIpc) is 2.98. The fourth-order valence-electron chi connectivity index (χ4n) is 1.85. The molecule has 3 aromatic carbocycles. The Morgan fingerprint density at radius 2 is 0.651 bits per heavy atom. The number of carbonyl (C=O) groups excluding carboxylic acids is 2. The van der Waals surface area contributed by atoms with Crippen LogP contribution in [0.3, 0.4) is 0 Å². The molecule has 3 aromatic rings. The number of phenols is 3. The maximum Gasteiger partial charge on any atom is 0.414 e. The lowest BCUT2D eigenvalue weighted by Crippen LogP contribution is -2.09. The Bertz CT molecular complexity index is 1240. The zero-order valence-electron chi connectivity index (χ0n) is 22.2. The summed E-state index contributed by atoms with van der Waals surface area (Å²) in [6.45, 7) is 0. The second-order valence-electron chi connectivity index (χ2n) is 7.10. The van der Waals surface area contributed by atoms with Gasteiger partial charge in [0.15, 0.2) is 11.6 Å². The van der Waals surface area contributed by atoms with E-state index in [1.165, 1.54) is 48.6 Å². The molecule has 0 aromatic heterocycles. The molecule has 226 valence electrons. The summed E-state index contributed by atoms with van der Waals surface area (Å²) in [6.07, 6.45) is 6.12. The third-order valence-corrected chi connectivity index (χ3v) is 3.65. The number of ketones is 2. The molecule has 1 aliphatic carbocycles. The van der Waals surface area contributed by atoms with Gasteiger partial charge in [-0.3, -0.25) is 9.59 Å². The van der Waals surface area contributed by atoms with Gasteiger partial charge in [0.25, 0.3) is 0 Å². The summed E-state index contributed by atoms with van der Waals surface area (Å²) in [6, 6.07) is 26.4. The van der Waals surface area contributed by atoms with E-state index in [1.807, 2.05) is 42.5 Å². The minimum Gasteiger partial charge on any atom is -0.508 e. The topological polar surface area (TPSA) is 244 Å². The van der Waals surface area contributed by atoms with Gasteiger partial charge in [-0.25, -0.2) is 19.2 Å². The van der Waals surface area contributed by atoms with Crippen molar-refractivity contribution in [2.75, 3.05) is 0 Å². The standard InChI is InChI=1S/C6H6O2.C6H4O2.C6H6O.C6H6.C4H4O4.C2H2O4/c2*7-5-1-2-6(8)4-3-5;7-6-4-2-1-3-5-6;1-2-4-6-5-3-1;5-3(6)1-2-4(7)8;3-1(4)2(5)6/h1-4,7-8H;1-4H;1-5,7H;1-6H;1-2H,(H,5,6)(H,7,8);(H,3,4)(H,5,6). The molecule has 13 heteroatoms. The molecule has 43 heavy (non-hydrogen) atoms. The van der Waals surface area contributed by atoms with Gasteiger partial charge in [-0.05, 0) is 60.7 Å². The highest BCUT2D eigenvalue weighted by molar-refractivity contribution is 6.27. The van der Waals surface area contributed by atoms with Crippen LogP contribution in [0.5, 0.6) is 17.2 Å². The van der Waals surface area contributed by atoms with E-state index in [2.05, 4.69) is 0 Å². The zero-order chi connectivity index (χ0) is 33.0. The van der Waals surface area contributed by atoms with E-state index in [-0.39, 0.29) is 23.1 Å². The van der Waals surface area contributed by atoms with Gasteiger partial charge in [-0.1, -0.05) is 54.6 Å². The largest absolute Gasteiger partial charge is 0.508 e. The van der Waals surface area contributed by atoms with E-state index >= 15 is 0 Å². The first-order chi connectivity index (χ1) is 20.2. The number of para-hydroxylation sites is 1. The Balaban J connectivity index is 0. The number of hydrogen-bond donors (Lipinski definition) is 7. The molecular formula is C30H28O13. The van der Waals surface area contributed by atoms with Crippen molar-refractivity contribution in [3.63, 3.8) is 0 Å². The maximum atomic E-state index is 10.3. The molecule has 7 N–H and O–H groups in total. The van der Waals surface area contributed by atoms with E-state index in [9.17, 15) is 19.2 Å². The summed E-state index contributed by atoms with van der Waals surface area (Å²) < 4.78 is 0. The molecular weight excluding hydrogens is 568 g/mol. The molecule has 0 heterocycles. The van der Waals surface area contributed by atoms with Gasteiger partial charge in [-0.2, -0.15) is 0 Å². The van der Waals surface area contributed by atoms with E-state index in [4.69, 9.17) is 45.3 Å². The molecule has 0 saturated heterocycles. The van der Waals surface area contributed by atoms with Crippen LogP contribution in [0.15, 0.2) is 127 Å². The predicted octanol–water partition coefficient (Wildman–Crippen LogP) is 3.29. The van der Waals surface area contributed by atoms with Crippen LogP contribution in [0.2, 0.25) is 0 Å². The molecule has 0 spiro atoms. The van der Waals surface area contributed by atoms with Crippen molar-refractivity contribution in [2.24, 2.45) is 0 Å². The second kappa shape index (κ2) is 24.5. The first-order valence-corrected chi connectivity index (χ1v) is 11.5. The number of carboxylic acid groups (broad SMARTS) is 4. The molecule has 13 nitrogen and oxygen atoms in total. The first-order valence-electron chi connectivity index (χ1n) is 11.5. The number of rotatable bonds is 2. The molecule has 0 saturated carbocycles. The Morgan fingerprint density at radius 3 is 0.837 bits per heavy atom. The summed E-state index contributed by atoms with van der Waals surface area (Å²) in [4.78, 5) is 57.9. The van der Waals surface area contributed by atoms with Crippen LogP contribution in [0.1, 0.15) is 0 Å². The molecule has 1 aliphatic rings. The molecule has 0 amide bonds. The van der Waals surface area contributed by atoms with Crippen LogP contribution in [0.4, 0.5) is 0 Å². The van der Waals surface area contributed by atoms with Crippen molar-refractivity contribution in [2.45, 2.75) is 0 Å². The van der Waals surface area contributed by atoms with Gasteiger partial charge >= 0.3 is 23.9 Å². The highest BCUT2D eigenvalue weighted by Crippen LogP contribution is 2.13. The second-order valence-corrected chi connectivity index (χ2v) is 7.10. The Kier molecular flexibility index (Phi) is 22.1. The molecule has 0 unspecified atom stereocenters. The molecule has 4 rings (SSSR count). The third kappa shape index (κ3) is 29.9. The van der Waals surface area contributed by atoms with E-state index in [1.54, 1.807) is 24.3 Å². The minimum atomic E-state index is -1.82. The number of allylic oxidation sites excluding steroid dienone is 4. The van der Waals surface area contributed by atoms with E-state index < -0.39 is 23.9 Å². The van der Waals surface area contributed by atoms with Gasteiger partial charge in [0, 0.05) is 12.2 Å². The van der Waals surface area contributed by atoms with Crippen LogP contribution in [-0.4, -0.2) is 71.2 Å². The zero-order valence-corrected chi connectivity index (χ0v) is 22.2. The molecule has 0 radical (unpaired) electrons. The first kappa shape index (κ1) is 38.6. The fourth-order valence-corrected chi connectivity index (χ4v) is 1.85. The lowest BCUT2D eigenvalue weighted by atomic mass is 10.2. The van der Waals surface area contributed by atoms with E-state index in [0.29, 0.717) is 17.9 Å². The molecule has 0 aliphatic heterocycles. The number of carbonyl (C=O) groups is 6. The highest BCUT2D eigenvalue weighted by atomic mass is 16.4. The lowest BCUT2D eigenvalue weighted by Gasteiger charge is -1.88. The summed E-state index contributed by atoms with van der Waals surface area (Å²) in [5.41, 5.74) is 0. The number of aromatic hydroxyl groups is 3. The van der Waals surface area contributed by atoms with Gasteiger partial charge in [0.05, 0.1) is 0 Å². The minimum absolute atomic E-state index is 0.121. The van der Waals surface area contributed by atoms with E-state index in [0.717, 1.165) is 0 Å². The monoisotopic (exact) mass is 596 g/mol. The average molecular weight is 597 g/mol. The van der Waals surface area contributed by atoms with Gasteiger partial charge in [0.2, 0.25) is 0 Å². The quantitative estimate of drug-likeness (QED) is 0.0972. The number of phenolic OH excluding ortho intramolecular Hbond substituents is 3. The van der Waals surface area contributed by atoms with Crippen LogP contribution in [0, 0.1) is 0 Å². The summed E-state index contributed by atoms with van der Waals surface area (Å²) in [5.74, 6) is -5.74. The van der Waals surface area contributed by atoms with Crippen molar-refractivity contribution >= 4 is 35.4 Å². The van der Waals surface area contributed by atoms with Crippen LogP contribution >= 0.6 is 0 Å². The van der Waals surface area contributed by atoms with Gasteiger partial charge in [-0.15, -0.1) is 0 Å². The molecule has 0 bridgehead atoms. The summed E-state index contributed by atoms with van der Waals surface area (Å²) >= 11 is 0. The van der Waals surface area contributed by atoms with Crippen molar-refractivity contribution in [1.29, 1.82) is 0 Å². The molecule has 0 atom stereocenters. The SMILES string of the molecule is O=C(O)C(=O)O.O=C(O)C=CC(=O)O.O=C1C=CC(=O)C=C1.Oc1ccc(O)cc1.Oc1ccccc1.c1ccccc1. The fraction of sp³-hybridized carbons (Fsp3) is 0. The third-order valence-electron chi connectivity index (χ3n) is 3.65. The lowest BCUT2D eigenvalue weighted by molar-refractivity contribution is -0.159. The summed E-state index contributed by atoms with van der Waals surface area (Å²) in [5, 5.41) is 56.3. The smallest absolute Gasteiger partial charge is 0.414 e. The van der Waals surface area contributed by atoms with Crippen molar-refractivity contribution in [3.05, 3.63) is 127 Å². The van der Waals surface area contributed by atoms with Crippen molar-refractivity contribution in [1.82, 2.24) is 0 Å². The number of hydrogen-bond acceptors (Lipinski definition) is 9.